The van der Waals surface area contributed by atoms with E-state index in [0.717, 1.165) is 24.6 Å². The van der Waals surface area contributed by atoms with Gasteiger partial charge in [0.05, 0.1) is 0 Å². The van der Waals surface area contributed by atoms with Crippen LogP contribution < -0.4 is 12.3 Å². The number of thiol groups is 2. The highest BCUT2D eigenvalue weighted by atomic mass is 33.8. The van der Waals surface area contributed by atoms with Crippen molar-refractivity contribution in [1.82, 2.24) is 12.3 Å². The minimum absolute atomic E-state index is 0. The predicted octanol–water partition coefficient (Wildman–Crippen LogP) is 6.85. The largest absolute Gasteiger partial charge is 0.575 e. The van der Waals surface area contributed by atoms with Crippen LogP contribution in [0.25, 0.3) is 0 Å². The van der Waals surface area contributed by atoms with Gasteiger partial charge in [0, 0.05) is 45.7 Å². The molecule has 0 aromatic carbocycles. The van der Waals surface area contributed by atoms with Gasteiger partial charge in [0.1, 0.15) is 0 Å². The molecule has 0 heterocycles. The summed E-state index contributed by atoms with van der Waals surface area (Å²) < 4.78 is 34.6. The Hall–Kier alpha value is 1.51. The summed E-state index contributed by atoms with van der Waals surface area (Å²) in [4.78, 5) is 0. The first-order chi connectivity index (χ1) is 14.3. The van der Waals surface area contributed by atoms with Crippen LogP contribution >= 0.6 is 40.7 Å². The summed E-state index contributed by atoms with van der Waals surface area (Å²) in [6.07, 6.45) is 2.07. The molecule has 14 heteroatoms. The predicted molar refractivity (Wildman–Crippen MR) is 155 cm³/mol. The van der Waals surface area contributed by atoms with Crippen molar-refractivity contribution in [2.45, 2.75) is 74.3 Å². The molecule has 0 aromatic heterocycles. The monoisotopic (exact) mass is 576 g/mol. The molecule has 0 bridgehead atoms. The van der Waals surface area contributed by atoms with Gasteiger partial charge >= 0.3 is 16.8 Å². The summed E-state index contributed by atoms with van der Waals surface area (Å²) in [5, 5.41) is 0. The Morgan fingerprint density at radius 3 is 1.19 bits per heavy atom. The maximum Gasteiger partial charge on any atom is 0.575 e. The zero-order valence-corrected chi connectivity index (χ0v) is 27.1. The third-order valence-electron chi connectivity index (χ3n) is 3.61. The van der Waals surface area contributed by atoms with E-state index >= 15 is 0 Å². The molecule has 0 aliphatic heterocycles. The maximum absolute atomic E-state index is 5.90. The van der Waals surface area contributed by atoms with E-state index < -0.39 is 24.3 Å². The van der Waals surface area contributed by atoms with Gasteiger partial charge in [0.2, 0.25) is 0 Å². The van der Waals surface area contributed by atoms with Gasteiger partial charge in [-0.05, 0) is 63.5 Å². The lowest BCUT2D eigenvalue weighted by molar-refractivity contribution is 0.0711. The van der Waals surface area contributed by atoms with Crippen LogP contribution in [0.2, 0.25) is 6.04 Å². The summed E-state index contributed by atoms with van der Waals surface area (Å²) in [6.45, 7) is 19.8. The van der Waals surface area contributed by atoms with Crippen LogP contribution in [-0.2, 0) is 26.6 Å². The minimum atomic E-state index is -2.74. The lowest BCUT2D eigenvalue weighted by atomic mass is 10.6. The number of hydrogen-bond donors (Lipinski definition) is 4. The van der Waals surface area contributed by atoms with Gasteiger partial charge in [-0.15, -0.1) is 23.3 Å². The van der Waals surface area contributed by atoms with Gasteiger partial charge in [-0.3, -0.25) is 0 Å². The summed E-state index contributed by atoms with van der Waals surface area (Å²) in [5.74, 6) is 0.927. The molecule has 0 saturated carbocycles. The second-order valence-corrected chi connectivity index (χ2v) is 24.0. The van der Waals surface area contributed by atoms with Crippen molar-refractivity contribution in [1.29, 1.82) is 0 Å². The van der Waals surface area contributed by atoms with Gasteiger partial charge < -0.3 is 38.9 Å². The zero-order valence-electron chi connectivity index (χ0n) is 21.6. The standard InChI is InChI=1S/C9H24O3S4Si.C9H22O3Si.2H3N/c1-5-9-16(14,15-13)17(10-6-2,11-7-3)12-8-4;1-5-9-13(10-6-2,11-7-3)12-8-4;;/h13-14H,5-9H2,1-4H3;5-9H2,1-4H3;2*1H3. The highest BCUT2D eigenvalue weighted by Crippen LogP contribution is 2.72. The summed E-state index contributed by atoms with van der Waals surface area (Å²) >= 11 is 9.22. The van der Waals surface area contributed by atoms with E-state index in [1.54, 1.807) is 0 Å². The summed E-state index contributed by atoms with van der Waals surface area (Å²) in [7, 11) is -5.05. The average molecular weight is 577 g/mol. The van der Waals surface area contributed by atoms with Crippen molar-refractivity contribution in [3.05, 3.63) is 0 Å². The van der Waals surface area contributed by atoms with Gasteiger partial charge in [-0.2, -0.15) is 0 Å². The molecule has 202 valence electrons. The van der Waals surface area contributed by atoms with Gasteiger partial charge in [-0.25, -0.2) is 0 Å². The molecule has 0 radical (unpaired) electrons. The van der Waals surface area contributed by atoms with Crippen LogP contribution in [0.4, 0.5) is 0 Å². The van der Waals surface area contributed by atoms with Crippen LogP contribution in [0.15, 0.2) is 0 Å². The first-order valence-corrected chi connectivity index (χ1v) is 20.6. The van der Waals surface area contributed by atoms with Crippen LogP contribution in [-0.4, -0.2) is 62.2 Å². The Morgan fingerprint density at radius 2 is 0.969 bits per heavy atom. The fourth-order valence-electron chi connectivity index (χ4n) is 2.72. The Balaban J connectivity index is -0.000000238. The second-order valence-electron chi connectivity index (χ2n) is 5.95. The lowest BCUT2D eigenvalue weighted by Gasteiger charge is -2.43. The quantitative estimate of drug-likeness (QED) is 0.0787. The molecule has 0 aliphatic carbocycles. The maximum atomic E-state index is 5.90. The van der Waals surface area contributed by atoms with E-state index in [9.17, 15) is 0 Å². The van der Waals surface area contributed by atoms with Crippen molar-refractivity contribution >= 4 is 57.4 Å². The third kappa shape index (κ3) is 14.2. The van der Waals surface area contributed by atoms with Crippen molar-refractivity contribution < 1.29 is 26.6 Å². The smallest absolute Gasteiger partial charge is 0.374 e. The van der Waals surface area contributed by atoms with Crippen LogP contribution in [0.3, 0.4) is 0 Å². The molecule has 0 aromatic rings. The summed E-state index contributed by atoms with van der Waals surface area (Å²) in [5.41, 5.74) is 0. The zero-order chi connectivity index (χ0) is 23.5. The molecule has 0 spiro atoms. The van der Waals surface area contributed by atoms with Crippen LogP contribution in [0.1, 0.15) is 68.2 Å². The van der Waals surface area contributed by atoms with E-state index in [-0.39, 0.29) is 12.3 Å². The van der Waals surface area contributed by atoms with Gasteiger partial charge in [-0.1, -0.05) is 27.8 Å². The molecule has 0 saturated heterocycles. The highest BCUT2D eigenvalue weighted by molar-refractivity contribution is 9.40. The topological polar surface area (TPSA) is 125 Å². The second kappa shape index (κ2) is 24.2. The number of hydrogen-bond acceptors (Lipinski definition) is 11. The molecule has 6 N–H and O–H groups in total. The fourth-order valence-corrected chi connectivity index (χ4v) is 20.5. The molecule has 0 rings (SSSR count). The van der Waals surface area contributed by atoms with Crippen LogP contribution in [0.5, 0.6) is 0 Å². The first-order valence-electron chi connectivity index (χ1n) is 11.0. The summed E-state index contributed by atoms with van der Waals surface area (Å²) in [6, 6.07) is 0.919. The molecular formula is C18H52N2O6S4Si2. The molecular weight excluding hydrogens is 525 g/mol. The molecule has 0 aliphatic rings. The van der Waals surface area contributed by atoms with Crippen LogP contribution in [0, 0.1) is 0 Å². The van der Waals surface area contributed by atoms with Crippen molar-refractivity contribution in [2.24, 2.45) is 0 Å². The van der Waals surface area contributed by atoms with E-state index in [0.29, 0.717) is 39.6 Å². The SMILES string of the molecule is CCCS(S)(SS)[Si](OCC)(OCC)OCC.CCC[Si](OCC)(OCC)OCC.N.N. The molecule has 32 heavy (non-hydrogen) atoms. The normalized spacial score (nSPS) is 14.3. The molecule has 0 amide bonds. The number of rotatable bonds is 18. The van der Waals surface area contributed by atoms with E-state index in [1.807, 2.05) is 41.5 Å². The minimum Gasteiger partial charge on any atom is -0.374 e. The van der Waals surface area contributed by atoms with E-state index in [4.69, 9.17) is 38.2 Å². The van der Waals surface area contributed by atoms with Crippen molar-refractivity contribution in [3.63, 3.8) is 0 Å². The Kier molecular flexibility index (Phi) is 30.8. The molecule has 0 fully saturated rings. The van der Waals surface area contributed by atoms with E-state index in [1.165, 1.54) is 9.83 Å². The highest BCUT2D eigenvalue weighted by Gasteiger charge is 2.56. The Bertz CT molecular complexity index is 366. The first kappa shape index (κ1) is 40.7. The fraction of sp³-hybridized carbons (Fsp3) is 1.00. The third-order valence-corrected chi connectivity index (χ3v) is 26.5. The molecule has 8 nitrogen and oxygen atoms in total. The lowest BCUT2D eigenvalue weighted by Crippen LogP contribution is -2.49. The van der Waals surface area contributed by atoms with Gasteiger partial charge in [0.15, 0.2) is 0 Å². The Labute approximate surface area is 215 Å². The van der Waals surface area contributed by atoms with E-state index in [2.05, 4.69) is 25.5 Å². The van der Waals surface area contributed by atoms with Crippen molar-refractivity contribution in [3.8, 4) is 0 Å². The Morgan fingerprint density at radius 1 is 0.625 bits per heavy atom. The van der Waals surface area contributed by atoms with Gasteiger partial charge in [0.25, 0.3) is 0 Å². The average Bonchev–Trinajstić information content (AvgIpc) is 2.70. The molecule has 1 atom stereocenters. The van der Waals surface area contributed by atoms with Crippen molar-refractivity contribution in [2.75, 3.05) is 45.4 Å². The molecule has 1 unspecified atom stereocenters.